The van der Waals surface area contributed by atoms with Gasteiger partial charge in [-0.1, -0.05) is 0 Å². The molecule has 0 aliphatic rings. The van der Waals surface area contributed by atoms with Crippen LogP contribution in [0.1, 0.15) is 15.9 Å². The maximum atomic E-state index is 12.1. The Bertz CT molecular complexity index is 304. The first-order valence-electron chi connectivity index (χ1n) is 2.86. The number of aldehydes is 1. The molecule has 0 aliphatic carbocycles. The minimum Gasteiger partial charge on any atom is -0.390 e. The van der Waals surface area contributed by atoms with Crippen LogP contribution in [-0.4, -0.2) is 6.29 Å². The normalized spacial score (nSPS) is 11.6. The Hall–Kier alpha value is -1.04. The fourth-order valence-electron chi connectivity index (χ4n) is 0.777. The van der Waals surface area contributed by atoms with Crippen molar-refractivity contribution < 1.29 is 18.0 Å². The van der Waals surface area contributed by atoms with Gasteiger partial charge in [0.15, 0.2) is 6.29 Å². The van der Waals surface area contributed by atoms with Gasteiger partial charge in [0.2, 0.25) is 0 Å². The summed E-state index contributed by atoms with van der Waals surface area (Å²) in [5.41, 5.74) is 3.62. The van der Waals surface area contributed by atoms with E-state index in [0.29, 0.717) is 11.3 Å². The Labute approximate surface area is 69.8 Å². The second-order valence-electron chi connectivity index (χ2n) is 2.05. The number of hydrogen-bond acceptors (Lipinski definition) is 3. The van der Waals surface area contributed by atoms with Crippen LogP contribution in [0.2, 0.25) is 0 Å². The summed E-state index contributed by atoms with van der Waals surface area (Å²) >= 11 is 0.709. The van der Waals surface area contributed by atoms with E-state index in [4.69, 9.17) is 5.73 Å². The first-order valence-corrected chi connectivity index (χ1v) is 3.74. The van der Waals surface area contributed by atoms with Gasteiger partial charge >= 0.3 is 6.18 Å². The molecular formula is C6H4F3NOS. The van der Waals surface area contributed by atoms with Crippen LogP contribution < -0.4 is 5.73 Å². The summed E-state index contributed by atoms with van der Waals surface area (Å²) in [6.45, 7) is 0. The van der Waals surface area contributed by atoms with Gasteiger partial charge in [-0.15, -0.1) is 11.3 Å². The number of thiophene rings is 1. The number of carbonyl (C=O) groups excluding carboxylic acids is 1. The molecule has 0 bridgehead atoms. The highest BCUT2D eigenvalue weighted by Gasteiger charge is 2.36. The maximum absolute atomic E-state index is 12.1. The summed E-state index contributed by atoms with van der Waals surface area (Å²) in [4.78, 5) is 10.1. The van der Waals surface area contributed by atoms with Gasteiger partial charge in [-0.3, -0.25) is 4.79 Å². The second kappa shape index (κ2) is 2.78. The predicted octanol–water partition coefficient (Wildman–Crippen LogP) is 2.16. The Morgan fingerprint density at radius 1 is 1.50 bits per heavy atom. The van der Waals surface area contributed by atoms with E-state index in [1.54, 1.807) is 0 Å². The fourth-order valence-corrected chi connectivity index (χ4v) is 1.56. The monoisotopic (exact) mass is 195 g/mol. The van der Waals surface area contributed by atoms with Crippen molar-refractivity contribution in [2.45, 2.75) is 6.18 Å². The molecule has 2 N–H and O–H groups in total. The van der Waals surface area contributed by atoms with Gasteiger partial charge in [0.25, 0.3) is 0 Å². The van der Waals surface area contributed by atoms with Crippen molar-refractivity contribution in [1.29, 1.82) is 0 Å². The van der Waals surface area contributed by atoms with E-state index in [1.807, 2.05) is 0 Å². The van der Waals surface area contributed by atoms with E-state index in [0.717, 1.165) is 5.38 Å². The molecule has 12 heavy (non-hydrogen) atoms. The molecule has 1 heterocycles. The summed E-state index contributed by atoms with van der Waals surface area (Å²) in [5.74, 6) is 0. The van der Waals surface area contributed by atoms with Crippen molar-refractivity contribution in [3.8, 4) is 0 Å². The van der Waals surface area contributed by atoms with E-state index < -0.39 is 17.3 Å². The zero-order chi connectivity index (χ0) is 9.35. The average Bonchev–Trinajstić information content (AvgIpc) is 2.29. The largest absolute Gasteiger partial charge is 0.419 e. The average molecular weight is 195 g/mol. The molecule has 0 unspecified atom stereocenters. The molecule has 0 saturated heterocycles. The van der Waals surface area contributed by atoms with Crippen LogP contribution in [0, 0.1) is 0 Å². The SMILES string of the molecule is Nc1scc(C=O)c1C(F)(F)F. The van der Waals surface area contributed by atoms with Crippen molar-refractivity contribution in [3.63, 3.8) is 0 Å². The molecule has 0 spiro atoms. The molecule has 1 aromatic heterocycles. The molecule has 66 valence electrons. The van der Waals surface area contributed by atoms with Crippen LogP contribution in [0.5, 0.6) is 0 Å². The zero-order valence-corrected chi connectivity index (χ0v) is 6.50. The molecule has 0 amide bonds. The molecule has 0 radical (unpaired) electrons. The first kappa shape index (κ1) is 9.05. The summed E-state index contributed by atoms with van der Waals surface area (Å²) in [7, 11) is 0. The lowest BCUT2D eigenvalue weighted by molar-refractivity contribution is -0.136. The molecule has 0 fully saturated rings. The van der Waals surface area contributed by atoms with Gasteiger partial charge in [0.05, 0.1) is 5.00 Å². The highest BCUT2D eigenvalue weighted by molar-refractivity contribution is 7.14. The molecule has 0 saturated carbocycles. The summed E-state index contributed by atoms with van der Waals surface area (Å²) < 4.78 is 36.3. The van der Waals surface area contributed by atoms with Crippen LogP contribution in [0.3, 0.4) is 0 Å². The third-order valence-electron chi connectivity index (χ3n) is 1.26. The van der Waals surface area contributed by atoms with Gasteiger partial charge in [0, 0.05) is 10.9 Å². The minimum atomic E-state index is -4.54. The lowest BCUT2D eigenvalue weighted by Gasteiger charge is -2.05. The molecule has 0 atom stereocenters. The minimum absolute atomic E-state index is 0.148. The number of rotatable bonds is 1. The molecule has 6 heteroatoms. The van der Waals surface area contributed by atoms with E-state index in [9.17, 15) is 18.0 Å². The van der Waals surface area contributed by atoms with Crippen LogP contribution in [0.15, 0.2) is 5.38 Å². The molecule has 0 aliphatic heterocycles. The van der Waals surface area contributed by atoms with E-state index in [-0.39, 0.29) is 11.3 Å². The smallest absolute Gasteiger partial charge is 0.390 e. The molecular weight excluding hydrogens is 191 g/mol. The lowest BCUT2D eigenvalue weighted by atomic mass is 10.2. The van der Waals surface area contributed by atoms with Crippen LogP contribution in [-0.2, 0) is 6.18 Å². The Morgan fingerprint density at radius 2 is 2.08 bits per heavy atom. The van der Waals surface area contributed by atoms with Crippen molar-refractivity contribution in [1.82, 2.24) is 0 Å². The van der Waals surface area contributed by atoms with E-state index in [1.165, 1.54) is 0 Å². The second-order valence-corrected chi connectivity index (χ2v) is 2.96. The summed E-state index contributed by atoms with van der Waals surface area (Å²) in [5, 5.41) is 0.718. The quantitative estimate of drug-likeness (QED) is 0.698. The lowest BCUT2D eigenvalue weighted by Crippen LogP contribution is -2.08. The zero-order valence-electron chi connectivity index (χ0n) is 5.68. The molecule has 1 aromatic rings. The number of anilines is 1. The highest BCUT2D eigenvalue weighted by atomic mass is 32.1. The van der Waals surface area contributed by atoms with Gasteiger partial charge in [-0.25, -0.2) is 0 Å². The Morgan fingerprint density at radius 3 is 2.42 bits per heavy atom. The van der Waals surface area contributed by atoms with Crippen LogP contribution >= 0.6 is 11.3 Å². The molecule has 2 nitrogen and oxygen atoms in total. The topological polar surface area (TPSA) is 43.1 Å². The maximum Gasteiger partial charge on any atom is 0.419 e. The third kappa shape index (κ3) is 1.42. The standard InChI is InChI=1S/C6H4F3NOS/c7-6(8,9)4-3(1-11)2-12-5(4)10/h1-2H,10H2. The number of nitrogen functional groups attached to an aromatic ring is 1. The van der Waals surface area contributed by atoms with E-state index in [2.05, 4.69) is 0 Å². The van der Waals surface area contributed by atoms with Crippen molar-refractivity contribution >= 4 is 22.6 Å². The molecule has 0 aromatic carbocycles. The molecule has 1 rings (SSSR count). The number of halogens is 3. The summed E-state index contributed by atoms with van der Waals surface area (Å²) in [6, 6.07) is 0. The Balaban J connectivity index is 3.28. The van der Waals surface area contributed by atoms with Crippen molar-refractivity contribution in [3.05, 3.63) is 16.5 Å². The number of nitrogens with two attached hydrogens (primary N) is 1. The number of hydrogen-bond donors (Lipinski definition) is 1. The first-order chi connectivity index (χ1) is 5.46. The highest BCUT2D eigenvalue weighted by Crippen LogP contribution is 2.38. The third-order valence-corrected chi connectivity index (χ3v) is 2.09. The van der Waals surface area contributed by atoms with Crippen LogP contribution in [0.4, 0.5) is 18.2 Å². The van der Waals surface area contributed by atoms with Gasteiger partial charge in [0.1, 0.15) is 5.56 Å². The van der Waals surface area contributed by atoms with Crippen LogP contribution in [0.25, 0.3) is 0 Å². The van der Waals surface area contributed by atoms with Crippen molar-refractivity contribution in [2.75, 3.05) is 5.73 Å². The summed E-state index contributed by atoms with van der Waals surface area (Å²) in [6.07, 6.45) is -4.39. The van der Waals surface area contributed by atoms with Gasteiger partial charge in [-0.2, -0.15) is 13.2 Å². The number of carbonyl (C=O) groups is 1. The fraction of sp³-hybridized carbons (Fsp3) is 0.167. The van der Waals surface area contributed by atoms with Gasteiger partial charge in [-0.05, 0) is 0 Å². The van der Waals surface area contributed by atoms with Gasteiger partial charge < -0.3 is 5.73 Å². The van der Waals surface area contributed by atoms with E-state index >= 15 is 0 Å². The van der Waals surface area contributed by atoms with Crippen molar-refractivity contribution in [2.24, 2.45) is 0 Å². The number of alkyl halides is 3. The Kier molecular flexibility index (Phi) is 2.10. The predicted molar refractivity (Wildman–Crippen MR) is 39.1 cm³/mol.